The lowest BCUT2D eigenvalue weighted by atomic mass is 10.2. The second-order valence-corrected chi connectivity index (χ2v) is 6.89. The van der Waals surface area contributed by atoms with Crippen LogP contribution >= 0.6 is 11.8 Å². The van der Waals surface area contributed by atoms with Crippen molar-refractivity contribution < 1.29 is 13.9 Å². The summed E-state index contributed by atoms with van der Waals surface area (Å²) in [5.41, 5.74) is 0. The number of ether oxygens (including phenoxy) is 1. The Balaban J connectivity index is 1.43. The van der Waals surface area contributed by atoms with E-state index in [0.29, 0.717) is 13.2 Å². The van der Waals surface area contributed by atoms with Gasteiger partial charge < -0.3 is 14.5 Å². The molecular weight excluding hydrogens is 336 g/mol. The molecule has 6 heteroatoms. The van der Waals surface area contributed by atoms with Crippen LogP contribution < -0.4 is 10.1 Å². The number of rotatable bonds is 8. The molecule has 134 valence electrons. The largest absolute Gasteiger partial charge is 0.492 e. The molecule has 1 amide bonds. The van der Waals surface area contributed by atoms with Crippen molar-refractivity contribution in [2.45, 2.75) is 30.3 Å². The molecule has 0 saturated carbocycles. The molecular formula is C19H24N2O3S. The van der Waals surface area contributed by atoms with Crippen molar-refractivity contribution in [2.24, 2.45) is 0 Å². The zero-order valence-electron chi connectivity index (χ0n) is 14.4. The van der Waals surface area contributed by atoms with Crippen molar-refractivity contribution in [3.8, 4) is 5.75 Å². The number of nitrogens with zero attached hydrogens (tertiary/aromatic N) is 1. The van der Waals surface area contributed by atoms with Gasteiger partial charge in [-0.15, -0.1) is 11.8 Å². The minimum Gasteiger partial charge on any atom is -0.492 e. The highest BCUT2D eigenvalue weighted by Gasteiger charge is 2.30. The number of carbonyl (C=O) groups is 1. The van der Waals surface area contributed by atoms with Crippen molar-refractivity contribution in [3.05, 3.63) is 48.4 Å². The number of benzene rings is 1. The quantitative estimate of drug-likeness (QED) is 0.733. The van der Waals surface area contributed by atoms with Crippen LogP contribution in [-0.4, -0.2) is 42.8 Å². The summed E-state index contributed by atoms with van der Waals surface area (Å²) in [6.07, 6.45) is 5.61. The smallest absolute Gasteiger partial charge is 0.237 e. The van der Waals surface area contributed by atoms with Gasteiger partial charge in [0.2, 0.25) is 5.91 Å². The maximum atomic E-state index is 12.4. The van der Waals surface area contributed by atoms with Gasteiger partial charge >= 0.3 is 0 Å². The number of thioether (sulfide) groups is 1. The predicted molar refractivity (Wildman–Crippen MR) is 98.9 cm³/mol. The van der Waals surface area contributed by atoms with E-state index < -0.39 is 0 Å². The van der Waals surface area contributed by atoms with E-state index in [4.69, 9.17) is 9.15 Å². The van der Waals surface area contributed by atoms with E-state index in [0.717, 1.165) is 37.4 Å². The topological polar surface area (TPSA) is 54.7 Å². The third-order valence-corrected chi connectivity index (χ3v) is 5.13. The van der Waals surface area contributed by atoms with Crippen LogP contribution in [0.5, 0.6) is 5.75 Å². The molecule has 1 aromatic carbocycles. The van der Waals surface area contributed by atoms with E-state index in [1.165, 1.54) is 4.90 Å². The normalized spacial score (nSPS) is 17.6. The summed E-state index contributed by atoms with van der Waals surface area (Å²) in [5.74, 6) is 1.71. The first-order chi connectivity index (χ1) is 12.3. The molecule has 2 aromatic rings. The molecule has 0 unspecified atom stereocenters. The molecule has 0 bridgehead atoms. The van der Waals surface area contributed by atoms with Crippen LogP contribution in [-0.2, 0) is 11.3 Å². The zero-order chi connectivity index (χ0) is 17.5. The summed E-state index contributed by atoms with van der Waals surface area (Å²) in [6, 6.07) is 11.7. The van der Waals surface area contributed by atoms with Gasteiger partial charge in [0.1, 0.15) is 18.1 Å². The molecule has 1 N–H and O–H groups in total. The summed E-state index contributed by atoms with van der Waals surface area (Å²) in [7, 11) is 0. The van der Waals surface area contributed by atoms with Gasteiger partial charge in [0.25, 0.3) is 0 Å². The van der Waals surface area contributed by atoms with Crippen LogP contribution in [0.25, 0.3) is 0 Å². The van der Waals surface area contributed by atoms with Gasteiger partial charge in [-0.2, -0.15) is 0 Å². The molecule has 5 nitrogen and oxygen atoms in total. The summed E-state index contributed by atoms with van der Waals surface area (Å²) >= 11 is 1.71. The second-order valence-electron chi connectivity index (χ2n) is 6.02. The van der Waals surface area contributed by atoms with E-state index in [9.17, 15) is 4.79 Å². The summed E-state index contributed by atoms with van der Waals surface area (Å²) in [6.45, 7) is 2.71. The van der Waals surface area contributed by atoms with Gasteiger partial charge in [-0.1, -0.05) is 0 Å². The molecule has 1 fully saturated rings. The third-order valence-electron chi connectivity index (χ3n) is 4.39. The molecule has 1 aliphatic heterocycles. The van der Waals surface area contributed by atoms with E-state index >= 15 is 0 Å². The van der Waals surface area contributed by atoms with E-state index in [1.54, 1.807) is 18.0 Å². The molecule has 1 atom stereocenters. The fourth-order valence-corrected chi connectivity index (χ4v) is 3.46. The van der Waals surface area contributed by atoms with E-state index in [1.807, 2.05) is 24.3 Å². The molecule has 1 saturated heterocycles. The Morgan fingerprint density at radius 1 is 1.36 bits per heavy atom. The number of hydrogen-bond acceptors (Lipinski definition) is 5. The lowest BCUT2D eigenvalue weighted by Gasteiger charge is -2.23. The summed E-state index contributed by atoms with van der Waals surface area (Å²) in [4.78, 5) is 15.8. The second kappa shape index (κ2) is 8.97. The molecule has 0 aliphatic carbocycles. The number of hydrogen-bond donors (Lipinski definition) is 1. The Labute approximate surface area is 152 Å². The highest BCUT2D eigenvalue weighted by Crippen LogP contribution is 2.20. The number of amides is 1. The van der Waals surface area contributed by atoms with Crippen molar-refractivity contribution in [1.82, 2.24) is 10.2 Å². The van der Waals surface area contributed by atoms with Gasteiger partial charge in [0, 0.05) is 11.4 Å². The molecule has 0 radical (unpaired) electrons. The minimum atomic E-state index is -0.0718. The summed E-state index contributed by atoms with van der Waals surface area (Å²) < 4.78 is 11.1. The van der Waals surface area contributed by atoms with Gasteiger partial charge in [-0.05, 0) is 62.0 Å². The minimum absolute atomic E-state index is 0.0678. The Hall–Kier alpha value is -1.92. The van der Waals surface area contributed by atoms with Crippen molar-refractivity contribution >= 4 is 17.7 Å². The summed E-state index contributed by atoms with van der Waals surface area (Å²) in [5, 5.41) is 2.96. The van der Waals surface area contributed by atoms with Gasteiger partial charge in [0.05, 0.1) is 18.8 Å². The highest BCUT2D eigenvalue weighted by molar-refractivity contribution is 7.98. The standard InChI is InChI=1S/C19H24N2O3S/c1-25-17-8-6-15(7-9-17)24-13-11-21-10-2-5-18(21)19(22)20-14-16-4-3-12-23-16/h3-4,6-9,12,18H,2,5,10-11,13-14H2,1H3,(H,20,22)/t18-/m0/s1. The first kappa shape index (κ1) is 17.9. The van der Waals surface area contributed by atoms with Crippen LogP contribution in [0.4, 0.5) is 0 Å². The molecule has 0 spiro atoms. The van der Waals surface area contributed by atoms with Crippen molar-refractivity contribution in [2.75, 3.05) is 26.0 Å². The lowest BCUT2D eigenvalue weighted by Crippen LogP contribution is -2.44. The fourth-order valence-electron chi connectivity index (χ4n) is 3.05. The number of nitrogens with one attached hydrogen (secondary N) is 1. The average molecular weight is 360 g/mol. The SMILES string of the molecule is CSc1ccc(OCCN2CCC[C@H]2C(=O)NCc2ccco2)cc1. The Kier molecular flexibility index (Phi) is 6.42. The maximum absolute atomic E-state index is 12.4. The molecule has 3 rings (SSSR count). The molecule has 1 aromatic heterocycles. The first-order valence-corrected chi connectivity index (χ1v) is 9.80. The Morgan fingerprint density at radius 3 is 2.92 bits per heavy atom. The molecule has 2 heterocycles. The Bertz CT molecular complexity index is 658. The average Bonchev–Trinajstić information content (AvgIpc) is 3.32. The van der Waals surface area contributed by atoms with Crippen molar-refractivity contribution in [1.29, 1.82) is 0 Å². The predicted octanol–water partition coefficient (Wildman–Crippen LogP) is 3.16. The van der Waals surface area contributed by atoms with E-state index in [2.05, 4.69) is 28.6 Å². The Morgan fingerprint density at radius 2 is 2.20 bits per heavy atom. The fraction of sp³-hybridized carbons (Fsp3) is 0.421. The van der Waals surface area contributed by atoms with E-state index in [-0.39, 0.29) is 11.9 Å². The number of furan rings is 1. The van der Waals surface area contributed by atoms with Gasteiger partial charge in [0.15, 0.2) is 0 Å². The first-order valence-electron chi connectivity index (χ1n) is 8.57. The third kappa shape index (κ3) is 5.03. The zero-order valence-corrected chi connectivity index (χ0v) is 15.3. The highest BCUT2D eigenvalue weighted by atomic mass is 32.2. The van der Waals surface area contributed by atoms with Crippen LogP contribution in [0.15, 0.2) is 52.0 Å². The van der Waals surface area contributed by atoms with Gasteiger partial charge in [-0.3, -0.25) is 9.69 Å². The van der Waals surface area contributed by atoms with Crippen molar-refractivity contribution in [3.63, 3.8) is 0 Å². The number of carbonyl (C=O) groups excluding carboxylic acids is 1. The monoisotopic (exact) mass is 360 g/mol. The van der Waals surface area contributed by atoms with Crippen LogP contribution in [0.3, 0.4) is 0 Å². The van der Waals surface area contributed by atoms with Crippen LogP contribution in [0.1, 0.15) is 18.6 Å². The van der Waals surface area contributed by atoms with Gasteiger partial charge in [-0.25, -0.2) is 0 Å². The van der Waals surface area contributed by atoms with Crippen LogP contribution in [0, 0.1) is 0 Å². The van der Waals surface area contributed by atoms with Crippen LogP contribution in [0.2, 0.25) is 0 Å². The molecule has 25 heavy (non-hydrogen) atoms. The lowest BCUT2D eigenvalue weighted by molar-refractivity contribution is -0.125. The number of likely N-dealkylation sites (tertiary alicyclic amines) is 1. The maximum Gasteiger partial charge on any atom is 0.237 e. The molecule has 1 aliphatic rings.